The Morgan fingerprint density at radius 2 is 1.90 bits per heavy atom. The van der Waals surface area contributed by atoms with Crippen molar-refractivity contribution >= 4 is 28.8 Å². The monoisotopic (exact) mass is 305 g/mol. The predicted octanol–water partition coefficient (Wildman–Crippen LogP) is 4.10. The van der Waals surface area contributed by atoms with Gasteiger partial charge >= 0.3 is 6.09 Å². The quantitative estimate of drug-likeness (QED) is 0.892. The van der Waals surface area contributed by atoms with E-state index < -0.39 is 11.7 Å². The molecule has 0 saturated heterocycles. The summed E-state index contributed by atoms with van der Waals surface area (Å²) in [6.07, 6.45) is -0.453. The van der Waals surface area contributed by atoms with Gasteiger partial charge in [0.25, 0.3) is 0 Å². The Morgan fingerprint density at radius 1 is 1.24 bits per heavy atom. The number of thiazole rings is 1. The lowest BCUT2D eigenvalue weighted by atomic mass is 10.2. The van der Waals surface area contributed by atoms with Gasteiger partial charge in [-0.1, -0.05) is 0 Å². The Kier molecular flexibility index (Phi) is 4.80. The van der Waals surface area contributed by atoms with Crippen LogP contribution in [-0.4, -0.2) is 16.7 Å². The molecule has 6 heteroatoms. The molecule has 0 aliphatic heterocycles. The topological polar surface area (TPSA) is 63.2 Å². The Labute approximate surface area is 128 Å². The van der Waals surface area contributed by atoms with Gasteiger partial charge in [-0.2, -0.15) is 0 Å². The number of rotatable bonds is 4. The van der Waals surface area contributed by atoms with Crippen LogP contribution in [0.4, 0.5) is 16.2 Å². The maximum atomic E-state index is 11.6. The molecule has 1 aromatic carbocycles. The van der Waals surface area contributed by atoms with E-state index >= 15 is 0 Å². The van der Waals surface area contributed by atoms with Crippen LogP contribution in [-0.2, 0) is 11.3 Å². The lowest BCUT2D eigenvalue weighted by Gasteiger charge is -2.19. The van der Waals surface area contributed by atoms with Crippen molar-refractivity contribution in [2.24, 2.45) is 0 Å². The number of hydrogen-bond acceptors (Lipinski definition) is 5. The van der Waals surface area contributed by atoms with Gasteiger partial charge < -0.3 is 10.1 Å². The first-order chi connectivity index (χ1) is 9.92. The van der Waals surface area contributed by atoms with E-state index in [-0.39, 0.29) is 0 Å². The lowest BCUT2D eigenvalue weighted by molar-refractivity contribution is 0.0636. The summed E-state index contributed by atoms with van der Waals surface area (Å²) >= 11 is 1.58. The Bertz CT molecular complexity index is 574. The first kappa shape index (κ1) is 15.3. The fraction of sp³-hybridized carbons (Fsp3) is 0.333. The standard InChI is InChI=1S/C15H19N3O2S/c1-15(2,3)20-14(19)18-12-6-4-11(5-7-12)16-8-13-9-21-10-17-13/h4-7,9-10,16H,8H2,1-3H3,(H,18,19). The second kappa shape index (κ2) is 6.58. The highest BCUT2D eigenvalue weighted by Gasteiger charge is 2.15. The van der Waals surface area contributed by atoms with Gasteiger partial charge in [-0.3, -0.25) is 5.32 Å². The zero-order chi connectivity index (χ0) is 15.3. The highest BCUT2D eigenvalue weighted by atomic mass is 32.1. The number of amides is 1. The normalized spacial score (nSPS) is 11.0. The molecular weight excluding hydrogens is 286 g/mol. The first-order valence-corrected chi connectivity index (χ1v) is 7.58. The highest BCUT2D eigenvalue weighted by Crippen LogP contribution is 2.16. The number of nitrogens with one attached hydrogen (secondary N) is 2. The minimum Gasteiger partial charge on any atom is -0.444 e. The van der Waals surface area contributed by atoms with E-state index in [2.05, 4.69) is 15.6 Å². The van der Waals surface area contributed by atoms with E-state index in [4.69, 9.17) is 4.74 Å². The maximum absolute atomic E-state index is 11.6. The molecule has 0 aliphatic rings. The SMILES string of the molecule is CC(C)(C)OC(=O)Nc1ccc(NCc2cscn2)cc1. The first-order valence-electron chi connectivity index (χ1n) is 6.63. The third-order valence-corrected chi connectivity index (χ3v) is 3.12. The van der Waals surface area contributed by atoms with Gasteiger partial charge in [0.15, 0.2) is 0 Å². The summed E-state index contributed by atoms with van der Waals surface area (Å²) in [5.74, 6) is 0. The second-order valence-electron chi connectivity index (χ2n) is 5.54. The molecule has 1 heterocycles. The number of anilines is 2. The molecule has 1 amide bonds. The third-order valence-electron chi connectivity index (χ3n) is 2.49. The Morgan fingerprint density at radius 3 is 2.48 bits per heavy atom. The van der Waals surface area contributed by atoms with Crippen molar-refractivity contribution in [3.05, 3.63) is 40.8 Å². The fourth-order valence-corrected chi connectivity index (χ4v) is 2.17. The average molecular weight is 305 g/mol. The molecule has 2 N–H and O–H groups in total. The molecule has 0 unspecified atom stereocenters. The van der Waals surface area contributed by atoms with E-state index in [1.54, 1.807) is 11.3 Å². The van der Waals surface area contributed by atoms with Crippen LogP contribution in [0, 0.1) is 0 Å². The summed E-state index contributed by atoms with van der Waals surface area (Å²) in [7, 11) is 0. The van der Waals surface area contributed by atoms with Gasteiger partial charge in [0, 0.05) is 16.8 Å². The number of ether oxygens (including phenoxy) is 1. The maximum Gasteiger partial charge on any atom is 0.412 e. The number of aromatic nitrogens is 1. The van der Waals surface area contributed by atoms with Crippen molar-refractivity contribution in [1.82, 2.24) is 4.98 Å². The molecule has 1 aromatic heterocycles. The molecule has 5 nitrogen and oxygen atoms in total. The zero-order valence-electron chi connectivity index (χ0n) is 12.3. The van der Waals surface area contributed by atoms with Gasteiger partial charge in [-0.25, -0.2) is 9.78 Å². The van der Waals surface area contributed by atoms with Crippen LogP contribution in [0.5, 0.6) is 0 Å². The van der Waals surface area contributed by atoms with Gasteiger partial charge in [-0.15, -0.1) is 11.3 Å². The molecule has 2 rings (SSSR count). The molecule has 21 heavy (non-hydrogen) atoms. The van der Waals surface area contributed by atoms with E-state index in [9.17, 15) is 4.79 Å². The minimum absolute atomic E-state index is 0.453. The van der Waals surface area contributed by atoms with E-state index in [1.165, 1.54) is 0 Å². The van der Waals surface area contributed by atoms with Crippen LogP contribution in [0.3, 0.4) is 0 Å². The molecule has 0 spiro atoms. The number of carbonyl (C=O) groups excluding carboxylic acids is 1. The summed E-state index contributed by atoms with van der Waals surface area (Å²) in [5, 5.41) is 7.97. The van der Waals surface area contributed by atoms with Crippen LogP contribution < -0.4 is 10.6 Å². The molecule has 0 atom stereocenters. The zero-order valence-corrected chi connectivity index (χ0v) is 13.2. The largest absolute Gasteiger partial charge is 0.444 e. The van der Waals surface area contributed by atoms with Gasteiger partial charge in [-0.05, 0) is 45.0 Å². The van der Waals surface area contributed by atoms with Crippen molar-refractivity contribution in [3.63, 3.8) is 0 Å². The minimum atomic E-state index is -0.501. The van der Waals surface area contributed by atoms with E-state index in [0.29, 0.717) is 12.2 Å². The molecular formula is C15H19N3O2S. The fourth-order valence-electron chi connectivity index (χ4n) is 1.61. The lowest BCUT2D eigenvalue weighted by Crippen LogP contribution is -2.27. The van der Waals surface area contributed by atoms with Crippen LogP contribution in [0.25, 0.3) is 0 Å². The highest BCUT2D eigenvalue weighted by molar-refractivity contribution is 7.07. The smallest absolute Gasteiger partial charge is 0.412 e. The number of benzene rings is 1. The van der Waals surface area contributed by atoms with E-state index in [0.717, 1.165) is 11.4 Å². The molecule has 0 saturated carbocycles. The van der Waals surface area contributed by atoms with Crippen molar-refractivity contribution in [2.45, 2.75) is 32.9 Å². The molecule has 0 bridgehead atoms. The van der Waals surface area contributed by atoms with E-state index in [1.807, 2.05) is 55.9 Å². The number of carbonyl (C=O) groups is 1. The van der Waals surface area contributed by atoms with Crippen LogP contribution in [0.15, 0.2) is 35.2 Å². The summed E-state index contributed by atoms with van der Waals surface area (Å²) < 4.78 is 5.20. The van der Waals surface area contributed by atoms with Crippen LogP contribution >= 0.6 is 11.3 Å². The van der Waals surface area contributed by atoms with Gasteiger partial charge in [0.1, 0.15) is 5.60 Å². The van der Waals surface area contributed by atoms with Crippen LogP contribution in [0.1, 0.15) is 26.5 Å². The summed E-state index contributed by atoms with van der Waals surface area (Å²) in [4.78, 5) is 15.8. The molecule has 112 valence electrons. The van der Waals surface area contributed by atoms with Crippen molar-refractivity contribution in [1.29, 1.82) is 0 Å². The van der Waals surface area contributed by atoms with Crippen molar-refractivity contribution in [2.75, 3.05) is 10.6 Å². The number of hydrogen-bond donors (Lipinski definition) is 2. The average Bonchev–Trinajstić information content (AvgIpc) is 2.89. The second-order valence-corrected chi connectivity index (χ2v) is 6.26. The van der Waals surface area contributed by atoms with Gasteiger partial charge in [0.2, 0.25) is 0 Å². The summed E-state index contributed by atoms with van der Waals surface area (Å²) in [6.45, 7) is 6.18. The summed E-state index contributed by atoms with van der Waals surface area (Å²) in [5.41, 5.74) is 3.99. The van der Waals surface area contributed by atoms with Gasteiger partial charge in [0.05, 0.1) is 17.7 Å². The summed E-state index contributed by atoms with van der Waals surface area (Å²) in [6, 6.07) is 7.46. The Hall–Kier alpha value is -2.08. The predicted molar refractivity (Wildman–Crippen MR) is 85.7 cm³/mol. The molecule has 0 fully saturated rings. The molecule has 0 radical (unpaired) electrons. The van der Waals surface area contributed by atoms with Crippen molar-refractivity contribution in [3.8, 4) is 0 Å². The van der Waals surface area contributed by atoms with Crippen molar-refractivity contribution < 1.29 is 9.53 Å². The number of nitrogens with zero attached hydrogens (tertiary/aromatic N) is 1. The third kappa shape index (κ3) is 5.43. The molecule has 2 aromatic rings. The molecule has 0 aliphatic carbocycles. The Balaban J connectivity index is 1.85. The van der Waals surface area contributed by atoms with Crippen LogP contribution in [0.2, 0.25) is 0 Å².